The molecule has 0 aliphatic carbocycles. The number of hydrogen-bond acceptors (Lipinski definition) is 1. The first kappa shape index (κ1) is 13.5. The summed E-state index contributed by atoms with van der Waals surface area (Å²) in [5.41, 5.74) is 2.00. The summed E-state index contributed by atoms with van der Waals surface area (Å²) in [5.74, 6) is 6.26. The van der Waals surface area contributed by atoms with Crippen molar-refractivity contribution in [2.24, 2.45) is 0 Å². The zero-order valence-corrected chi connectivity index (χ0v) is 11.2. The van der Waals surface area contributed by atoms with Gasteiger partial charge in [0.05, 0.1) is 12.6 Å². The molecule has 0 bridgehead atoms. The largest absolute Gasteiger partial charge is 0.388 e. The second-order valence-corrected chi connectivity index (χ2v) is 4.59. The Labute approximate surface area is 114 Å². The fourth-order valence-corrected chi connectivity index (χ4v) is 1.95. The molecule has 1 unspecified atom stereocenters. The predicted octanol–water partition coefficient (Wildman–Crippen LogP) is 3.37. The molecular formula is C17H19NO. The quantitative estimate of drug-likeness (QED) is 0.830. The van der Waals surface area contributed by atoms with Crippen LogP contribution in [0, 0.1) is 11.8 Å². The lowest BCUT2D eigenvalue weighted by molar-refractivity contribution is 0.166. The van der Waals surface area contributed by atoms with Crippen LogP contribution in [0.1, 0.15) is 37.0 Å². The van der Waals surface area contributed by atoms with E-state index in [9.17, 15) is 5.11 Å². The Morgan fingerprint density at radius 1 is 1.21 bits per heavy atom. The molecule has 19 heavy (non-hydrogen) atoms. The van der Waals surface area contributed by atoms with Crippen LogP contribution in [0.15, 0.2) is 48.8 Å². The van der Waals surface area contributed by atoms with E-state index in [1.807, 2.05) is 53.4 Å². The van der Waals surface area contributed by atoms with Gasteiger partial charge in [0.1, 0.15) is 0 Å². The number of aliphatic hydroxyl groups is 1. The third-order valence-electron chi connectivity index (χ3n) is 2.99. The Hall–Kier alpha value is -1.98. The summed E-state index contributed by atoms with van der Waals surface area (Å²) in [6.07, 6.45) is 5.38. The topological polar surface area (TPSA) is 25.2 Å². The molecule has 1 aromatic carbocycles. The summed E-state index contributed by atoms with van der Waals surface area (Å²) in [6.45, 7) is 2.72. The van der Waals surface area contributed by atoms with Gasteiger partial charge in [0, 0.05) is 18.0 Å². The molecule has 0 amide bonds. The van der Waals surface area contributed by atoms with E-state index in [1.165, 1.54) is 0 Å². The number of aromatic nitrogens is 1. The maximum Gasteiger partial charge on any atom is 0.0835 e. The minimum absolute atomic E-state index is 0.353. The van der Waals surface area contributed by atoms with Crippen molar-refractivity contribution < 1.29 is 5.11 Å². The molecule has 1 aromatic heterocycles. The lowest BCUT2D eigenvalue weighted by atomic mass is 10.1. The minimum atomic E-state index is -0.353. The van der Waals surface area contributed by atoms with Gasteiger partial charge in [-0.3, -0.25) is 0 Å². The minimum Gasteiger partial charge on any atom is -0.388 e. The van der Waals surface area contributed by atoms with Crippen LogP contribution < -0.4 is 0 Å². The molecular weight excluding hydrogens is 234 g/mol. The molecule has 0 spiro atoms. The van der Waals surface area contributed by atoms with Crippen molar-refractivity contribution in [3.05, 3.63) is 59.9 Å². The highest BCUT2D eigenvalue weighted by Gasteiger charge is 2.06. The van der Waals surface area contributed by atoms with Crippen LogP contribution in [0.2, 0.25) is 0 Å². The van der Waals surface area contributed by atoms with Crippen molar-refractivity contribution in [1.82, 2.24) is 4.57 Å². The molecule has 1 heterocycles. The van der Waals surface area contributed by atoms with E-state index >= 15 is 0 Å². The van der Waals surface area contributed by atoms with Gasteiger partial charge in [0.25, 0.3) is 0 Å². The lowest BCUT2D eigenvalue weighted by Crippen LogP contribution is -1.96. The zero-order valence-electron chi connectivity index (χ0n) is 11.2. The van der Waals surface area contributed by atoms with E-state index in [0.717, 1.165) is 24.0 Å². The molecule has 1 atom stereocenters. The Balaban J connectivity index is 1.96. The maximum absolute atomic E-state index is 9.89. The van der Waals surface area contributed by atoms with E-state index in [-0.39, 0.29) is 6.10 Å². The van der Waals surface area contributed by atoms with Gasteiger partial charge < -0.3 is 9.67 Å². The third kappa shape index (κ3) is 4.01. The number of rotatable bonds is 4. The molecule has 2 aromatic rings. The molecule has 0 saturated carbocycles. The number of hydrogen-bond donors (Lipinski definition) is 1. The van der Waals surface area contributed by atoms with Gasteiger partial charge in [-0.25, -0.2) is 0 Å². The molecule has 0 saturated heterocycles. The number of nitrogens with zero attached hydrogens (tertiary/aromatic N) is 1. The summed E-state index contributed by atoms with van der Waals surface area (Å²) < 4.78 is 2.00. The summed E-state index contributed by atoms with van der Waals surface area (Å²) in [6, 6.07) is 11.9. The molecule has 0 radical (unpaired) electrons. The normalized spacial score (nSPS) is 11.7. The van der Waals surface area contributed by atoms with Gasteiger partial charge in [0.15, 0.2) is 0 Å². The van der Waals surface area contributed by atoms with E-state index in [0.29, 0.717) is 6.54 Å². The number of aliphatic hydroxyl groups excluding tert-OH is 1. The first-order valence-corrected chi connectivity index (χ1v) is 6.67. The standard InChI is InChI=1S/C17H19NO/c1-2-7-17(19)16-11-13-18(14-16)12-6-10-15-8-4-3-5-9-15/h3-5,8-9,11,13-14,17,19H,2,7,12H2,1H3. The van der Waals surface area contributed by atoms with Crippen LogP contribution in [0.4, 0.5) is 0 Å². The molecule has 1 N–H and O–H groups in total. The highest BCUT2D eigenvalue weighted by Crippen LogP contribution is 2.18. The van der Waals surface area contributed by atoms with Gasteiger partial charge in [0.2, 0.25) is 0 Å². The van der Waals surface area contributed by atoms with Gasteiger partial charge in [-0.2, -0.15) is 0 Å². The van der Waals surface area contributed by atoms with Crippen molar-refractivity contribution in [2.75, 3.05) is 0 Å². The van der Waals surface area contributed by atoms with Crippen LogP contribution in [0.5, 0.6) is 0 Å². The molecule has 98 valence electrons. The van der Waals surface area contributed by atoms with Crippen molar-refractivity contribution in [3.63, 3.8) is 0 Å². The maximum atomic E-state index is 9.89. The van der Waals surface area contributed by atoms with Crippen LogP contribution in [0.25, 0.3) is 0 Å². The second kappa shape index (κ2) is 6.82. The highest BCUT2D eigenvalue weighted by molar-refractivity contribution is 5.33. The molecule has 0 aliphatic rings. The Morgan fingerprint density at radius 3 is 2.74 bits per heavy atom. The van der Waals surface area contributed by atoms with Gasteiger partial charge in [-0.05, 0) is 30.2 Å². The predicted molar refractivity (Wildman–Crippen MR) is 77.6 cm³/mol. The molecule has 0 aliphatic heterocycles. The Morgan fingerprint density at radius 2 is 2.00 bits per heavy atom. The third-order valence-corrected chi connectivity index (χ3v) is 2.99. The molecule has 2 rings (SSSR count). The van der Waals surface area contributed by atoms with Gasteiger partial charge in [-0.15, -0.1) is 0 Å². The van der Waals surface area contributed by atoms with Gasteiger partial charge in [-0.1, -0.05) is 43.4 Å². The van der Waals surface area contributed by atoms with Crippen molar-refractivity contribution in [3.8, 4) is 11.8 Å². The SMILES string of the molecule is CCCC(O)c1ccn(CC#Cc2ccccc2)c1. The summed E-state index contributed by atoms with van der Waals surface area (Å²) >= 11 is 0. The van der Waals surface area contributed by atoms with E-state index in [4.69, 9.17) is 0 Å². The average molecular weight is 253 g/mol. The zero-order chi connectivity index (χ0) is 13.5. The lowest BCUT2D eigenvalue weighted by Gasteiger charge is -2.05. The van der Waals surface area contributed by atoms with Crippen molar-refractivity contribution >= 4 is 0 Å². The first-order chi connectivity index (χ1) is 9.29. The monoisotopic (exact) mass is 253 g/mol. The summed E-state index contributed by atoms with van der Waals surface area (Å²) in [5, 5.41) is 9.89. The van der Waals surface area contributed by atoms with Crippen LogP contribution in [-0.2, 0) is 6.54 Å². The molecule has 0 fully saturated rings. The van der Waals surface area contributed by atoms with Crippen molar-refractivity contribution in [1.29, 1.82) is 0 Å². The fraction of sp³-hybridized carbons (Fsp3) is 0.294. The van der Waals surface area contributed by atoms with Crippen LogP contribution in [0.3, 0.4) is 0 Å². The average Bonchev–Trinajstić information content (AvgIpc) is 2.89. The Kier molecular flexibility index (Phi) is 4.83. The van der Waals surface area contributed by atoms with E-state index in [1.54, 1.807) is 0 Å². The van der Waals surface area contributed by atoms with Crippen LogP contribution in [-0.4, -0.2) is 9.67 Å². The Bertz CT molecular complexity index is 560. The van der Waals surface area contributed by atoms with Crippen molar-refractivity contribution in [2.45, 2.75) is 32.4 Å². The molecule has 2 heteroatoms. The highest BCUT2D eigenvalue weighted by atomic mass is 16.3. The van der Waals surface area contributed by atoms with Crippen LogP contribution >= 0.6 is 0 Å². The number of benzene rings is 1. The first-order valence-electron chi connectivity index (χ1n) is 6.67. The van der Waals surface area contributed by atoms with E-state index in [2.05, 4.69) is 18.8 Å². The summed E-state index contributed by atoms with van der Waals surface area (Å²) in [4.78, 5) is 0. The second-order valence-electron chi connectivity index (χ2n) is 4.59. The smallest absolute Gasteiger partial charge is 0.0835 e. The summed E-state index contributed by atoms with van der Waals surface area (Å²) in [7, 11) is 0. The van der Waals surface area contributed by atoms with E-state index < -0.39 is 0 Å². The fourth-order valence-electron chi connectivity index (χ4n) is 1.95. The molecule has 2 nitrogen and oxygen atoms in total. The van der Waals surface area contributed by atoms with Gasteiger partial charge >= 0.3 is 0 Å².